The normalized spacial score (nSPS) is 11.9. The van der Waals surface area contributed by atoms with Crippen LogP contribution in [0.15, 0.2) is 12.4 Å². The summed E-state index contributed by atoms with van der Waals surface area (Å²) < 4.78 is 1.43. The largest absolute Gasteiger partial charge is 0.358 e. The number of nitrogens with zero attached hydrogens (tertiary/aromatic N) is 2. The molecule has 0 saturated heterocycles. The second-order valence-electron chi connectivity index (χ2n) is 3.38. The Bertz CT molecular complexity index is 385. The van der Waals surface area contributed by atoms with Crippen molar-refractivity contribution in [2.75, 3.05) is 12.4 Å². The number of amides is 2. The molecule has 1 rings (SSSR count). The molecular weight excluding hydrogens is 210 g/mol. The third kappa shape index (κ3) is 3.35. The Balaban J connectivity index is 2.58. The van der Waals surface area contributed by atoms with Crippen LogP contribution < -0.4 is 16.4 Å². The molecule has 0 aliphatic rings. The number of carbonyl (C=O) groups is 2. The molecule has 0 aromatic carbocycles. The van der Waals surface area contributed by atoms with Crippen LogP contribution in [0.5, 0.6) is 0 Å². The van der Waals surface area contributed by atoms with E-state index in [1.165, 1.54) is 10.9 Å². The van der Waals surface area contributed by atoms with Crippen molar-refractivity contribution in [2.24, 2.45) is 5.73 Å². The molecule has 0 aliphatic carbocycles. The monoisotopic (exact) mass is 225 g/mol. The molecule has 0 unspecified atom stereocenters. The first-order chi connectivity index (χ1) is 7.52. The van der Waals surface area contributed by atoms with Crippen molar-refractivity contribution >= 4 is 17.5 Å². The van der Waals surface area contributed by atoms with Crippen molar-refractivity contribution in [3.63, 3.8) is 0 Å². The zero-order valence-corrected chi connectivity index (χ0v) is 9.23. The lowest BCUT2D eigenvalue weighted by molar-refractivity contribution is -0.121. The summed E-state index contributed by atoms with van der Waals surface area (Å²) in [5.41, 5.74) is 5.91. The minimum absolute atomic E-state index is 0.116. The molecule has 0 saturated carbocycles. The molecule has 1 aromatic rings. The van der Waals surface area contributed by atoms with Crippen molar-refractivity contribution < 1.29 is 9.59 Å². The van der Waals surface area contributed by atoms with Gasteiger partial charge in [-0.05, 0) is 6.92 Å². The van der Waals surface area contributed by atoms with E-state index in [1.54, 1.807) is 20.2 Å². The molecule has 16 heavy (non-hydrogen) atoms. The van der Waals surface area contributed by atoms with E-state index in [1.807, 2.05) is 0 Å². The van der Waals surface area contributed by atoms with E-state index in [0.29, 0.717) is 5.69 Å². The van der Waals surface area contributed by atoms with Crippen molar-refractivity contribution in [1.82, 2.24) is 15.1 Å². The highest BCUT2D eigenvalue weighted by Crippen LogP contribution is 2.04. The van der Waals surface area contributed by atoms with Gasteiger partial charge in [0.2, 0.25) is 11.8 Å². The molecular formula is C9H15N5O2. The van der Waals surface area contributed by atoms with Gasteiger partial charge in [-0.3, -0.25) is 14.3 Å². The standard InChI is InChI=1S/C9H15N5O2/c1-6(10)9(16)13-7-3-12-14(4-7)5-8(15)11-2/h3-4,6H,5,10H2,1-2H3,(H,11,15)(H,13,16)/t6-/m0/s1. The lowest BCUT2D eigenvalue weighted by atomic mass is 10.3. The number of aromatic nitrogens is 2. The maximum absolute atomic E-state index is 11.2. The summed E-state index contributed by atoms with van der Waals surface area (Å²) >= 11 is 0. The number of carbonyl (C=O) groups excluding carboxylic acids is 2. The van der Waals surface area contributed by atoms with Crippen LogP contribution in [0.3, 0.4) is 0 Å². The second kappa shape index (κ2) is 5.26. The van der Waals surface area contributed by atoms with Crippen LogP contribution in [-0.4, -0.2) is 34.7 Å². The molecule has 0 aliphatic heterocycles. The van der Waals surface area contributed by atoms with Crippen LogP contribution in [0.1, 0.15) is 6.92 Å². The molecule has 0 radical (unpaired) electrons. The molecule has 1 heterocycles. The summed E-state index contributed by atoms with van der Waals surface area (Å²) in [6, 6.07) is -0.581. The van der Waals surface area contributed by atoms with Gasteiger partial charge in [0.05, 0.1) is 17.9 Å². The summed E-state index contributed by atoms with van der Waals surface area (Å²) in [6.45, 7) is 1.70. The van der Waals surface area contributed by atoms with Crippen molar-refractivity contribution in [1.29, 1.82) is 0 Å². The van der Waals surface area contributed by atoms with Gasteiger partial charge in [0.25, 0.3) is 0 Å². The van der Waals surface area contributed by atoms with E-state index < -0.39 is 6.04 Å². The maximum Gasteiger partial charge on any atom is 0.241 e. The zero-order valence-electron chi connectivity index (χ0n) is 9.23. The van der Waals surface area contributed by atoms with Gasteiger partial charge in [0.15, 0.2) is 0 Å². The number of rotatable bonds is 4. The fourth-order valence-corrected chi connectivity index (χ4v) is 0.997. The predicted octanol–water partition coefficient (Wildman–Crippen LogP) is -1.09. The van der Waals surface area contributed by atoms with E-state index in [9.17, 15) is 9.59 Å². The number of anilines is 1. The van der Waals surface area contributed by atoms with Crippen molar-refractivity contribution in [2.45, 2.75) is 19.5 Å². The maximum atomic E-state index is 11.2. The molecule has 1 atom stereocenters. The smallest absolute Gasteiger partial charge is 0.241 e. The summed E-state index contributed by atoms with van der Waals surface area (Å²) in [5, 5.41) is 8.97. The number of nitrogens with one attached hydrogen (secondary N) is 2. The molecule has 7 heteroatoms. The lowest BCUT2D eigenvalue weighted by Crippen LogP contribution is -2.32. The Morgan fingerprint density at radius 2 is 2.31 bits per heavy atom. The summed E-state index contributed by atoms with van der Waals surface area (Å²) in [4.78, 5) is 22.3. The van der Waals surface area contributed by atoms with Gasteiger partial charge in [-0.25, -0.2) is 0 Å². The number of hydrogen-bond donors (Lipinski definition) is 3. The van der Waals surface area contributed by atoms with Crippen molar-refractivity contribution in [3.05, 3.63) is 12.4 Å². The Morgan fingerprint density at radius 1 is 1.62 bits per heavy atom. The topological polar surface area (TPSA) is 102 Å². The molecule has 4 N–H and O–H groups in total. The van der Waals surface area contributed by atoms with Crippen LogP contribution in [0, 0.1) is 0 Å². The Morgan fingerprint density at radius 3 is 2.88 bits per heavy atom. The van der Waals surface area contributed by atoms with Crippen LogP contribution >= 0.6 is 0 Å². The third-order valence-corrected chi connectivity index (χ3v) is 1.90. The van der Waals surface area contributed by atoms with Gasteiger partial charge in [-0.2, -0.15) is 5.10 Å². The van der Waals surface area contributed by atoms with E-state index in [4.69, 9.17) is 5.73 Å². The molecule has 0 fully saturated rings. The second-order valence-corrected chi connectivity index (χ2v) is 3.38. The minimum Gasteiger partial charge on any atom is -0.358 e. The molecule has 0 spiro atoms. The molecule has 1 aromatic heterocycles. The van der Waals surface area contributed by atoms with Gasteiger partial charge >= 0.3 is 0 Å². The zero-order chi connectivity index (χ0) is 12.1. The minimum atomic E-state index is -0.581. The van der Waals surface area contributed by atoms with E-state index in [0.717, 1.165) is 0 Å². The first kappa shape index (κ1) is 12.2. The van der Waals surface area contributed by atoms with E-state index in [-0.39, 0.29) is 18.4 Å². The van der Waals surface area contributed by atoms with E-state index in [2.05, 4.69) is 15.7 Å². The Hall–Kier alpha value is -1.89. The van der Waals surface area contributed by atoms with Crippen LogP contribution in [0.4, 0.5) is 5.69 Å². The fourth-order valence-electron chi connectivity index (χ4n) is 0.997. The summed E-state index contributed by atoms with van der Waals surface area (Å²) in [5.74, 6) is -0.451. The van der Waals surface area contributed by atoms with Gasteiger partial charge in [0, 0.05) is 13.2 Å². The highest BCUT2D eigenvalue weighted by molar-refractivity contribution is 5.94. The number of nitrogens with two attached hydrogens (primary N) is 1. The Labute approximate surface area is 93.0 Å². The highest BCUT2D eigenvalue weighted by atomic mass is 16.2. The quantitative estimate of drug-likeness (QED) is 0.606. The first-order valence-electron chi connectivity index (χ1n) is 4.82. The van der Waals surface area contributed by atoms with Gasteiger partial charge in [0.1, 0.15) is 6.54 Å². The average Bonchev–Trinajstić information content (AvgIpc) is 2.65. The van der Waals surface area contributed by atoms with Gasteiger partial charge < -0.3 is 16.4 Å². The van der Waals surface area contributed by atoms with Crippen LogP contribution in [0.25, 0.3) is 0 Å². The van der Waals surface area contributed by atoms with Crippen LogP contribution in [0.2, 0.25) is 0 Å². The first-order valence-corrected chi connectivity index (χ1v) is 4.82. The summed E-state index contributed by atoms with van der Waals surface area (Å²) in [6.07, 6.45) is 3.03. The van der Waals surface area contributed by atoms with Crippen LogP contribution in [-0.2, 0) is 16.1 Å². The van der Waals surface area contributed by atoms with Gasteiger partial charge in [-0.1, -0.05) is 0 Å². The highest BCUT2D eigenvalue weighted by Gasteiger charge is 2.09. The van der Waals surface area contributed by atoms with Gasteiger partial charge in [-0.15, -0.1) is 0 Å². The molecule has 2 amide bonds. The number of likely N-dealkylation sites (N-methyl/N-ethyl adjacent to an activating group) is 1. The summed E-state index contributed by atoms with van der Waals surface area (Å²) in [7, 11) is 1.55. The Kier molecular flexibility index (Phi) is 4.01. The third-order valence-electron chi connectivity index (χ3n) is 1.90. The number of hydrogen-bond acceptors (Lipinski definition) is 4. The molecule has 0 bridgehead atoms. The fraction of sp³-hybridized carbons (Fsp3) is 0.444. The van der Waals surface area contributed by atoms with Crippen molar-refractivity contribution in [3.8, 4) is 0 Å². The van der Waals surface area contributed by atoms with E-state index >= 15 is 0 Å². The predicted molar refractivity (Wildman–Crippen MR) is 58.6 cm³/mol. The SMILES string of the molecule is CNC(=O)Cn1cc(NC(=O)[C@H](C)N)cn1. The average molecular weight is 225 g/mol. The molecule has 7 nitrogen and oxygen atoms in total. The molecule has 88 valence electrons. The lowest BCUT2D eigenvalue weighted by Gasteiger charge is -2.04.